The number of fused-ring (bicyclic) bond motifs is 1. The van der Waals surface area contributed by atoms with E-state index in [1.54, 1.807) is 48.8 Å². The van der Waals surface area contributed by atoms with E-state index in [9.17, 15) is 13.0 Å². The maximum Gasteiger partial charge on any atom is 1.00 e. The molecule has 3 N–H and O–H groups in total. The molecular weight excluding hydrogens is 411 g/mol. The van der Waals surface area contributed by atoms with Crippen LogP contribution in [0.2, 0.25) is 0 Å². The van der Waals surface area contributed by atoms with Crippen LogP contribution >= 0.6 is 0 Å². The summed E-state index contributed by atoms with van der Waals surface area (Å²) in [5.74, 6) is 0. The molecule has 0 spiro atoms. The van der Waals surface area contributed by atoms with Gasteiger partial charge in [-0.15, -0.1) is 5.11 Å². The van der Waals surface area contributed by atoms with Gasteiger partial charge >= 0.3 is 29.6 Å². The predicted molar refractivity (Wildman–Crippen MR) is 113 cm³/mol. The number of azo groups is 1. The van der Waals surface area contributed by atoms with Crippen molar-refractivity contribution in [1.82, 2.24) is 4.98 Å². The van der Waals surface area contributed by atoms with Gasteiger partial charge in [0, 0.05) is 23.2 Å². The zero-order valence-electron chi connectivity index (χ0n) is 17.1. The molecule has 0 aliphatic heterocycles. The van der Waals surface area contributed by atoms with Gasteiger partial charge in [0.25, 0.3) is 10.1 Å². The van der Waals surface area contributed by atoms with Crippen molar-refractivity contribution in [3.63, 3.8) is 0 Å². The second-order valence-electron chi connectivity index (χ2n) is 6.32. The van der Waals surface area contributed by atoms with Crippen molar-refractivity contribution in [2.75, 3.05) is 5.73 Å². The summed E-state index contributed by atoms with van der Waals surface area (Å²) in [4.78, 5) is 3.84. The molecule has 0 atom stereocenters. The fourth-order valence-corrected chi connectivity index (χ4v) is 3.73. The van der Waals surface area contributed by atoms with E-state index < -0.39 is 10.1 Å². The Morgan fingerprint density at radius 1 is 0.900 bits per heavy atom. The molecule has 0 aliphatic carbocycles. The molecule has 0 fully saturated rings. The molecular formula is C21H17N4NaO3S. The molecule has 9 heteroatoms. The third kappa shape index (κ3) is 4.58. The number of aromatic nitrogens is 1. The Bertz CT molecular complexity index is 1330. The predicted octanol–water partition coefficient (Wildman–Crippen LogP) is 2.26. The van der Waals surface area contributed by atoms with Crippen molar-refractivity contribution in [2.24, 2.45) is 10.2 Å². The average molecular weight is 428 g/mol. The zero-order valence-corrected chi connectivity index (χ0v) is 18.9. The molecule has 0 saturated heterocycles. The van der Waals surface area contributed by atoms with Crippen molar-refractivity contribution in [2.45, 2.75) is 4.90 Å². The van der Waals surface area contributed by atoms with Crippen molar-refractivity contribution < 1.29 is 44.0 Å². The SMILES string of the molecule is Nc1c(N=Nc2ccc(-c3cccnc3)cc2)cc(S(=O)(=O)O)c2ccccc12.[H-].[Na+]. The minimum atomic E-state index is -4.45. The monoisotopic (exact) mass is 428 g/mol. The van der Waals surface area contributed by atoms with Crippen LogP contribution in [0.3, 0.4) is 0 Å². The van der Waals surface area contributed by atoms with Crippen LogP contribution in [0.5, 0.6) is 0 Å². The van der Waals surface area contributed by atoms with Gasteiger partial charge in [0.1, 0.15) is 10.6 Å². The van der Waals surface area contributed by atoms with Gasteiger partial charge in [-0.25, -0.2) is 0 Å². The van der Waals surface area contributed by atoms with E-state index in [0.29, 0.717) is 16.5 Å². The summed E-state index contributed by atoms with van der Waals surface area (Å²) in [6, 6.07) is 19.0. The number of pyridine rings is 1. The Kier molecular flexibility index (Phi) is 6.64. The van der Waals surface area contributed by atoms with Gasteiger partial charge in [0.05, 0.1) is 11.4 Å². The molecule has 3 aromatic carbocycles. The van der Waals surface area contributed by atoms with E-state index in [1.807, 2.05) is 24.3 Å². The fraction of sp³-hybridized carbons (Fsp3) is 0. The van der Waals surface area contributed by atoms with Crippen molar-refractivity contribution in [3.8, 4) is 11.1 Å². The molecule has 0 amide bonds. The number of hydrogen-bond donors (Lipinski definition) is 2. The number of nitrogen functional groups attached to an aromatic ring is 1. The van der Waals surface area contributed by atoms with Crippen molar-refractivity contribution >= 4 is 38.0 Å². The average Bonchev–Trinajstić information content (AvgIpc) is 2.73. The molecule has 7 nitrogen and oxygen atoms in total. The van der Waals surface area contributed by atoms with Gasteiger partial charge in [0.2, 0.25) is 0 Å². The molecule has 4 rings (SSSR count). The van der Waals surface area contributed by atoms with Crippen molar-refractivity contribution in [1.29, 1.82) is 0 Å². The van der Waals surface area contributed by atoms with Gasteiger partial charge < -0.3 is 7.16 Å². The molecule has 0 bridgehead atoms. The summed E-state index contributed by atoms with van der Waals surface area (Å²) >= 11 is 0. The maximum absolute atomic E-state index is 11.8. The first-order valence-electron chi connectivity index (χ1n) is 8.64. The van der Waals surface area contributed by atoms with E-state index in [0.717, 1.165) is 11.1 Å². The van der Waals surface area contributed by atoms with Crippen LogP contribution in [0, 0.1) is 0 Å². The van der Waals surface area contributed by atoms with Gasteiger partial charge in [-0.2, -0.15) is 13.5 Å². The summed E-state index contributed by atoms with van der Waals surface area (Å²) < 4.78 is 33.2. The molecule has 0 aliphatic rings. The number of rotatable bonds is 4. The van der Waals surface area contributed by atoms with Crippen LogP contribution in [0.25, 0.3) is 21.9 Å². The quantitative estimate of drug-likeness (QED) is 0.224. The van der Waals surface area contributed by atoms with Crippen LogP contribution in [-0.2, 0) is 10.1 Å². The van der Waals surface area contributed by atoms with Gasteiger partial charge in [-0.3, -0.25) is 9.54 Å². The van der Waals surface area contributed by atoms with Crippen LogP contribution in [-0.4, -0.2) is 18.0 Å². The second kappa shape index (κ2) is 9.03. The third-order valence-corrected chi connectivity index (χ3v) is 5.33. The molecule has 146 valence electrons. The maximum atomic E-state index is 11.8. The van der Waals surface area contributed by atoms with Gasteiger partial charge in [-0.05, 0) is 35.4 Å². The molecule has 30 heavy (non-hydrogen) atoms. The molecule has 4 aromatic rings. The first kappa shape index (κ1) is 22.1. The Labute approximate surface area is 197 Å². The number of hydrogen-bond acceptors (Lipinski definition) is 6. The summed E-state index contributed by atoms with van der Waals surface area (Å²) in [6.07, 6.45) is 3.48. The smallest absolute Gasteiger partial charge is 1.00 e. The fourth-order valence-electron chi connectivity index (χ4n) is 3.01. The van der Waals surface area contributed by atoms with E-state index >= 15 is 0 Å². The second-order valence-corrected chi connectivity index (χ2v) is 7.71. The minimum absolute atomic E-state index is 0. The molecule has 0 saturated carbocycles. The first-order valence-corrected chi connectivity index (χ1v) is 10.1. The summed E-state index contributed by atoms with van der Waals surface area (Å²) in [5, 5.41) is 9.07. The van der Waals surface area contributed by atoms with Crippen LogP contribution in [0.4, 0.5) is 17.1 Å². The largest absolute Gasteiger partial charge is 1.00 e. The molecule has 1 heterocycles. The third-order valence-electron chi connectivity index (χ3n) is 4.44. The molecule has 0 radical (unpaired) electrons. The van der Waals surface area contributed by atoms with Crippen LogP contribution in [0.1, 0.15) is 1.43 Å². The van der Waals surface area contributed by atoms with Gasteiger partial charge in [-0.1, -0.05) is 42.5 Å². The van der Waals surface area contributed by atoms with Crippen LogP contribution in [0.15, 0.2) is 94.2 Å². The van der Waals surface area contributed by atoms with E-state index in [4.69, 9.17) is 5.73 Å². The molecule has 1 aromatic heterocycles. The summed E-state index contributed by atoms with van der Waals surface area (Å²) in [5.41, 5.74) is 9.13. The Hall–Kier alpha value is -2.62. The Balaban J connectivity index is 0.00000171. The van der Waals surface area contributed by atoms with Crippen molar-refractivity contribution in [3.05, 3.63) is 79.1 Å². The number of nitrogens with two attached hydrogens (primary N) is 1. The van der Waals surface area contributed by atoms with E-state index in [2.05, 4.69) is 15.2 Å². The zero-order chi connectivity index (χ0) is 20.4. The number of nitrogens with zero attached hydrogens (tertiary/aromatic N) is 3. The topological polar surface area (TPSA) is 118 Å². The first-order chi connectivity index (χ1) is 13.9. The van der Waals surface area contributed by atoms with E-state index in [-0.39, 0.29) is 47.3 Å². The summed E-state index contributed by atoms with van der Waals surface area (Å²) in [7, 11) is -4.45. The van der Waals surface area contributed by atoms with Gasteiger partial charge in [0.15, 0.2) is 0 Å². The minimum Gasteiger partial charge on any atom is -1.00 e. The molecule has 0 unspecified atom stereocenters. The standard InChI is InChI=1S/C21H16N4O3S.Na.H/c22-21-18-6-2-1-5-17(18)20(29(26,27)28)12-19(21)25-24-16-9-7-14(8-10-16)15-4-3-11-23-13-15;;/h1-13H,22H2,(H,26,27,28);;/q;+1;-1. The number of anilines is 1. The summed E-state index contributed by atoms with van der Waals surface area (Å²) in [6.45, 7) is 0. The van der Waals surface area contributed by atoms with E-state index in [1.165, 1.54) is 6.07 Å². The Morgan fingerprint density at radius 3 is 2.23 bits per heavy atom. The Morgan fingerprint density at radius 2 is 1.60 bits per heavy atom. The van der Waals surface area contributed by atoms with Crippen LogP contribution < -0.4 is 35.3 Å². The number of benzene rings is 3. The normalized spacial score (nSPS) is 11.5.